The first-order valence-electron chi connectivity index (χ1n) is 10.7. The van der Waals surface area contributed by atoms with Crippen molar-refractivity contribution in [3.05, 3.63) is 93.0 Å². The zero-order valence-corrected chi connectivity index (χ0v) is 18.2. The number of nitrogens with zero attached hydrogens (tertiary/aromatic N) is 2. The van der Waals surface area contributed by atoms with Crippen molar-refractivity contribution in [1.82, 2.24) is 0 Å². The molecule has 0 aliphatic carbocycles. The van der Waals surface area contributed by atoms with Crippen LogP contribution in [0.1, 0.15) is 0 Å². The quantitative estimate of drug-likeness (QED) is 0.204. The van der Waals surface area contributed by atoms with Crippen LogP contribution in [0.25, 0.3) is 43.5 Å². The van der Waals surface area contributed by atoms with Gasteiger partial charge in [-0.2, -0.15) is 0 Å². The molecule has 36 heavy (non-hydrogen) atoms. The first-order chi connectivity index (χ1) is 17.4. The van der Waals surface area contributed by atoms with Gasteiger partial charge in [0.15, 0.2) is 0 Å². The fraction of sp³-hybridized carbons (Fsp3) is 0. The zero-order valence-electron chi connectivity index (χ0n) is 18.2. The molecule has 0 radical (unpaired) electrons. The minimum atomic E-state index is -0.583. The van der Waals surface area contributed by atoms with E-state index < -0.39 is 15.9 Å². The van der Waals surface area contributed by atoms with Crippen LogP contribution in [0.3, 0.4) is 0 Å². The van der Waals surface area contributed by atoms with Gasteiger partial charge in [0.2, 0.25) is 0 Å². The molecule has 2 aromatic heterocycles. The molecule has 0 unspecified atom stereocenters. The predicted octanol–water partition coefficient (Wildman–Crippen LogP) is 6.95. The van der Waals surface area contributed by atoms with E-state index in [9.17, 15) is 25.0 Å². The second kappa shape index (κ2) is 7.81. The summed E-state index contributed by atoms with van der Waals surface area (Å²) in [5.74, 6) is -0.664. The first-order valence-corrected chi connectivity index (χ1v) is 10.7. The van der Waals surface area contributed by atoms with Crippen molar-refractivity contribution in [3.63, 3.8) is 0 Å². The Morgan fingerprint density at radius 1 is 0.611 bits per heavy atom. The third-order valence-corrected chi connectivity index (χ3v) is 5.88. The Labute approximate surface area is 200 Å². The number of rotatable bonds is 4. The van der Waals surface area contributed by atoms with Crippen LogP contribution in [0.4, 0.5) is 27.9 Å². The fourth-order valence-electron chi connectivity index (χ4n) is 4.30. The number of nitro groups is 2. The maximum atomic E-state index is 12.6. The van der Waals surface area contributed by atoms with E-state index in [4.69, 9.17) is 8.83 Å². The predicted molar refractivity (Wildman–Crippen MR) is 133 cm³/mol. The van der Waals surface area contributed by atoms with Crippen molar-refractivity contribution < 1.29 is 23.5 Å². The van der Waals surface area contributed by atoms with Crippen LogP contribution < -0.4 is 10.6 Å². The van der Waals surface area contributed by atoms with Gasteiger partial charge < -0.3 is 19.5 Å². The van der Waals surface area contributed by atoms with E-state index >= 15 is 0 Å². The van der Waals surface area contributed by atoms with Crippen LogP contribution in [-0.2, 0) is 0 Å². The maximum absolute atomic E-state index is 12.6. The minimum Gasteiger partial charge on any atom is -0.401 e. The molecular weight excluding hydrogens is 468 g/mol. The number of nitrogens with one attached hydrogen (secondary N) is 2. The summed E-state index contributed by atoms with van der Waals surface area (Å²) in [5.41, 5.74) is 1.88. The van der Waals surface area contributed by atoms with Gasteiger partial charge in [0.1, 0.15) is 21.0 Å². The van der Waals surface area contributed by atoms with E-state index in [2.05, 4.69) is 10.6 Å². The van der Waals surface area contributed by atoms with E-state index in [1.54, 1.807) is 60.7 Å². The van der Waals surface area contributed by atoms with Gasteiger partial charge in [-0.1, -0.05) is 24.3 Å². The average Bonchev–Trinajstić information content (AvgIpc) is 3.49. The number of fused-ring (bicyclic) bond motifs is 6. The number of benzene rings is 4. The molecule has 0 fully saturated rings. The Bertz CT molecular complexity index is 1750. The molecule has 11 nitrogen and oxygen atoms in total. The van der Waals surface area contributed by atoms with Gasteiger partial charge in [-0.25, -0.2) is 4.79 Å². The Hall–Kier alpha value is -5.45. The third kappa shape index (κ3) is 3.51. The van der Waals surface area contributed by atoms with Gasteiger partial charge in [0.25, 0.3) is 0 Å². The Morgan fingerprint density at radius 2 is 1.06 bits per heavy atom. The van der Waals surface area contributed by atoms with Crippen LogP contribution in [0, 0.1) is 20.2 Å². The van der Waals surface area contributed by atoms with Crippen molar-refractivity contribution in [2.45, 2.75) is 0 Å². The van der Waals surface area contributed by atoms with Gasteiger partial charge in [-0.05, 0) is 57.9 Å². The van der Waals surface area contributed by atoms with Crippen molar-refractivity contribution in [2.75, 3.05) is 10.6 Å². The van der Waals surface area contributed by atoms with Gasteiger partial charge >= 0.3 is 17.8 Å². The number of furan rings is 2. The van der Waals surface area contributed by atoms with Crippen LogP contribution >= 0.6 is 0 Å². The molecule has 0 aliphatic rings. The molecule has 0 saturated carbocycles. The third-order valence-electron chi connectivity index (χ3n) is 5.88. The molecule has 2 N–H and O–H groups in total. The van der Waals surface area contributed by atoms with Gasteiger partial charge in [0.05, 0.1) is 12.1 Å². The number of hydrogen-bond donors (Lipinski definition) is 2. The summed E-state index contributed by atoms with van der Waals surface area (Å²) in [6, 6.07) is 19.6. The molecule has 0 bridgehead atoms. The average molecular weight is 482 g/mol. The number of urea groups is 1. The molecule has 4 aromatic carbocycles. The standard InChI is InChI=1S/C25H14N4O7/c30-25(26-15-3-5-17-13(9-15)1-7-21-19(17)11-23(35-21)28(31)32)27-16-4-6-18-14(10-16)2-8-22-20(18)12-24(36-22)29(33)34/h1-12H,(H2,26,27,30). The number of carbonyl (C=O) groups excluding carboxylic acids is 1. The molecule has 2 heterocycles. The smallest absolute Gasteiger partial charge is 0.401 e. The first kappa shape index (κ1) is 21.1. The highest BCUT2D eigenvalue weighted by Crippen LogP contribution is 2.34. The van der Waals surface area contributed by atoms with Crippen molar-refractivity contribution in [2.24, 2.45) is 0 Å². The molecule has 0 atom stereocenters. The molecule has 0 aliphatic heterocycles. The summed E-state index contributed by atoms with van der Waals surface area (Å²) in [4.78, 5) is 33.5. The highest BCUT2D eigenvalue weighted by molar-refractivity contribution is 6.10. The van der Waals surface area contributed by atoms with Crippen LogP contribution in [0.2, 0.25) is 0 Å². The maximum Gasteiger partial charge on any atom is 0.434 e. The molecule has 176 valence electrons. The zero-order chi connectivity index (χ0) is 25.0. The van der Waals surface area contributed by atoms with Crippen LogP contribution in [0.5, 0.6) is 0 Å². The monoisotopic (exact) mass is 482 g/mol. The molecule has 2 amide bonds. The highest BCUT2D eigenvalue weighted by Gasteiger charge is 2.17. The molecule has 6 aromatic rings. The molecule has 11 heteroatoms. The summed E-state index contributed by atoms with van der Waals surface area (Å²) in [5, 5.41) is 31.9. The fourth-order valence-corrected chi connectivity index (χ4v) is 4.30. The Balaban J connectivity index is 1.24. The molecule has 0 spiro atoms. The largest absolute Gasteiger partial charge is 0.434 e. The van der Waals surface area contributed by atoms with E-state index in [0.29, 0.717) is 33.3 Å². The summed E-state index contributed by atoms with van der Waals surface area (Å²) >= 11 is 0. The number of carbonyl (C=O) groups is 1. The topological polar surface area (TPSA) is 154 Å². The van der Waals surface area contributed by atoms with Crippen molar-refractivity contribution in [1.29, 1.82) is 0 Å². The Kier molecular flexibility index (Phi) is 4.58. The van der Waals surface area contributed by atoms with Crippen LogP contribution in [-0.4, -0.2) is 15.9 Å². The molecule has 0 saturated heterocycles. The summed E-state index contributed by atoms with van der Waals surface area (Å²) in [7, 11) is 0. The summed E-state index contributed by atoms with van der Waals surface area (Å²) in [6.45, 7) is 0. The number of anilines is 2. The molecule has 6 rings (SSSR count). The van der Waals surface area contributed by atoms with Gasteiger partial charge in [0, 0.05) is 22.1 Å². The summed E-state index contributed by atoms with van der Waals surface area (Å²) < 4.78 is 10.5. The number of amides is 2. The lowest BCUT2D eigenvalue weighted by Gasteiger charge is -2.10. The van der Waals surface area contributed by atoms with Gasteiger partial charge in [-0.15, -0.1) is 0 Å². The van der Waals surface area contributed by atoms with Crippen molar-refractivity contribution in [3.8, 4) is 0 Å². The van der Waals surface area contributed by atoms with Crippen LogP contribution in [0.15, 0.2) is 81.6 Å². The van der Waals surface area contributed by atoms with E-state index in [-0.39, 0.29) is 11.8 Å². The SMILES string of the molecule is O=C(Nc1ccc2c(ccc3oc([N+](=O)[O-])cc32)c1)Nc1ccc2c(ccc3oc([N+](=O)[O-])cc32)c1. The minimum absolute atomic E-state index is 0.332. The normalized spacial score (nSPS) is 11.3. The number of hydrogen-bond acceptors (Lipinski definition) is 7. The second-order valence-corrected chi connectivity index (χ2v) is 8.09. The lowest BCUT2D eigenvalue weighted by Crippen LogP contribution is -2.19. The van der Waals surface area contributed by atoms with Gasteiger partial charge in [-0.3, -0.25) is 20.2 Å². The second-order valence-electron chi connectivity index (χ2n) is 8.09. The van der Waals surface area contributed by atoms with E-state index in [1.807, 2.05) is 0 Å². The van der Waals surface area contributed by atoms with E-state index in [1.165, 1.54) is 12.1 Å². The lowest BCUT2D eigenvalue weighted by molar-refractivity contribution is -0.401. The lowest BCUT2D eigenvalue weighted by atomic mass is 10.1. The summed E-state index contributed by atoms with van der Waals surface area (Å²) in [6.07, 6.45) is 0. The van der Waals surface area contributed by atoms with Crippen molar-refractivity contribution >= 4 is 72.7 Å². The highest BCUT2D eigenvalue weighted by atomic mass is 16.7. The van der Waals surface area contributed by atoms with E-state index in [0.717, 1.165) is 21.5 Å². The Morgan fingerprint density at radius 3 is 1.47 bits per heavy atom. The molecular formula is C25H14N4O7.